The summed E-state index contributed by atoms with van der Waals surface area (Å²) in [5, 5.41) is 8.08. The van der Waals surface area contributed by atoms with E-state index in [0.717, 1.165) is 46.4 Å². The zero-order chi connectivity index (χ0) is 24.3. The summed E-state index contributed by atoms with van der Waals surface area (Å²) in [7, 11) is 0. The highest BCUT2D eigenvalue weighted by Crippen LogP contribution is 2.33. The Balaban J connectivity index is 1.65. The van der Waals surface area contributed by atoms with Crippen LogP contribution in [0.1, 0.15) is 46.5 Å². The summed E-state index contributed by atoms with van der Waals surface area (Å²) in [6.07, 6.45) is 6.34. The van der Waals surface area contributed by atoms with Crippen LogP contribution in [0.4, 0.5) is 16.2 Å². The lowest BCUT2D eigenvalue weighted by molar-refractivity contribution is -0.119. The van der Waals surface area contributed by atoms with Gasteiger partial charge in [-0.1, -0.05) is 6.07 Å². The number of amides is 2. The number of likely N-dealkylation sites (tertiary alicyclic amines) is 1. The lowest BCUT2D eigenvalue weighted by Gasteiger charge is -2.37. The fourth-order valence-corrected chi connectivity index (χ4v) is 4.77. The fraction of sp³-hybridized carbons (Fsp3) is 0.423. The van der Waals surface area contributed by atoms with Crippen LogP contribution < -0.4 is 4.90 Å². The molecule has 2 amide bonds. The first-order chi connectivity index (χ1) is 16.2. The van der Waals surface area contributed by atoms with Crippen molar-refractivity contribution in [2.45, 2.75) is 63.0 Å². The maximum absolute atomic E-state index is 13.9. The van der Waals surface area contributed by atoms with Gasteiger partial charge in [-0.25, -0.2) is 4.79 Å². The van der Waals surface area contributed by atoms with Crippen LogP contribution in [-0.2, 0) is 9.53 Å². The zero-order valence-corrected chi connectivity index (χ0v) is 21.0. The number of rotatable bonds is 5. The predicted molar refractivity (Wildman–Crippen MR) is 137 cm³/mol. The van der Waals surface area contributed by atoms with Gasteiger partial charge in [0.1, 0.15) is 5.60 Å². The smallest absolute Gasteiger partial charge is 0.410 e. The van der Waals surface area contributed by atoms with Gasteiger partial charge in [-0.2, -0.15) is 5.10 Å². The first kappa shape index (κ1) is 24.1. The lowest BCUT2D eigenvalue weighted by atomic mass is 9.99. The fourth-order valence-electron chi connectivity index (χ4n) is 4.32. The topological polar surface area (TPSA) is 78.5 Å². The van der Waals surface area contributed by atoms with Gasteiger partial charge in [0.2, 0.25) is 5.91 Å². The van der Waals surface area contributed by atoms with Crippen molar-refractivity contribution in [1.82, 2.24) is 15.1 Å². The maximum Gasteiger partial charge on any atom is 0.410 e. The molecule has 2 aromatic carbocycles. The van der Waals surface area contributed by atoms with Crippen molar-refractivity contribution >= 4 is 46.0 Å². The molecule has 0 spiro atoms. The number of ether oxygens (including phenoxy) is 1. The number of benzene rings is 2. The molecule has 2 heterocycles. The molecule has 1 N–H and O–H groups in total. The molecule has 1 saturated heterocycles. The van der Waals surface area contributed by atoms with Crippen LogP contribution in [0.5, 0.6) is 0 Å². The molecule has 0 bridgehead atoms. The average molecular weight is 481 g/mol. The summed E-state index contributed by atoms with van der Waals surface area (Å²) in [5.41, 5.74) is 1.85. The maximum atomic E-state index is 13.9. The Morgan fingerprint density at radius 1 is 1.18 bits per heavy atom. The molecular formula is C26H32N4O3S. The average Bonchev–Trinajstić information content (AvgIpc) is 3.26. The Morgan fingerprint density at radius 3 is 2.74 bits per heavy atom. The van der Waals surface area contributed by atoms with E-state index in [1.165, 1.54) is 0 Å². The van der Waals surface area contributed by atoms with Gasteiger partial charge < -0.3 is 9.64 Å². The Bertz CT molecular complexity index is 1170. The number of hydrogen-bond donors (Lipinski definition) is 1. The molecule has 8 heteroatoms. The number of nitrogens with zero attached hydrogens (tertiary/aromatic N) is 3. The second-order valence-corrected chi connectivity index (χ2v) is 10.5. The van der Waals surface area contributed by atoms with Crippen molar-refractivity contribution in [3.8, 4) is 0 Å². The third-order valence-electron chi connectivity index (χ3n) is 5.91. The first-order valence-electron chi connectivity index (χ1n) is 11.6. The van der Waals surface area contributed by atoms with E-state index in [9.17, 15) is 9.59 Å². The molecule has 1 fully saturated rings. The van der Waals surface area contributed by atoms with E-state index in [4.69, 9.17) is 4.74 Å². The number of hydrogen-bond acceptors (Lipinski definition) is 5. The van der Waals surface area contributed by atoms with E-state index >= 15 is 0 Å². The van der Waals surface area contributed by atoms with Gasteiger partial charge in [-0.3, -0.25) is 14.8 Å². The van der Waals surface area contributed by atoms with Crippen LogP contribution in [0.3, 0.4) is 0 Å². The molecule has 0 radical (unpaired) electrons. The molecule has 1 unspecified atom stereocenters. The summed E-state index contributed by atoms with van der Waals surface area (Å²) >= 11 is 1.63. The molecule has 3 aromatic rings. The highest BCUT2D eigenvalue weighted by molar-refractivity contribution is 7.98. The number of piperidine rings is 1. The van der Waals surface area contributed by atoms with Crippen LogP contribution in [0, 0.1) is 0 Å². The summed E-state index contributed by atoms with van der Waals surface area (Å²) in [6, 6.07) is 13.6. The quantitative estimate of drug-likeness (QED) is 0.445. The first-order valence-corrected chi connectivity index (χ1v) is 12.9. The van der Waals surface area contributed by atoms with Gasteiger partial charge in [0.15, 0.2) is 0 Å². The summed E-state index contributed by atoms with van der Waals surface area (Å²) in [5.74, 6) is -0.0578. The van der Waals surface area contributed by atoms with Gasteiger partial charge >= 0.3 is 6.09 Å². The SMILES string of the molecule is CSc1cccc(N(C(=O)CC2CCCCN2C(=O)OC(C)(C)C)c2ccc3cn[nH]c3c2)c1. The van der Waals surface area contributed by atoms with E-state index in [0.29, 0.717) is 6.54 Å². The number of aromatic amines is 1. The monoisotopic (exact) mass is 480 g/mol. The van der Waals surface area contributed by atoms with Gasteiger partial charge in [0.05, 0.1) is 17.4 Å². The van der Waals surface area contributed by atoms with Crippen LogP contribution in [0.15, 0.2) is 53.6 Å². The molecule has 7 nitrogen and oxygen atoms in total. The number of anilines is 2. The Morgan fingerprint density at radius 2 is 1.97 bits per heavy atom. The normalized spacial score (nSPS) is 16.5. The number of carbonyl (C=O) groups excluding carboxylic acids is 2. The standard InChI is InChI=1S/C26H32N4O3S/c1-26(2,3)33-25(32)29-13-6-5-8-19(29)16-24(31)30(20-9-7-10-22(14-20)34-4)21-12-11-18-17-27-28-23(18)15-21/h7,9-12,14-15,17,19H,5-6,8,13,16H2,1-4H3,(H,27,28). The van der Waals surface area contributed by atoms with Gasteiger partial charge in [-0.15, -0.1) is 11.8 Å². The Labute approximate surface area is 204 Å². The van der Waals surface area contributed by atoms with Gasteiger partial charge in [0.25, 0.3) is 0 Å². The predicted octanol–water partition coefficient (Wildman–Crippen LogP) is 6.13. The number of nitrogens with one attached hydrogen (secondary N) is 1. The Hall–Kier alpha value is -3.00. The van der Waals surface area contributed by atoms with Crippen molar-refractivity contribution in [3.63, 3.8) is 0 Å². The molecule has 1 aliphatic rings. The number of fused-ring (bicyclic) bond motifs is 1. The van der Waals surface area contributed by atoms with E-state index in [-0.39, 0.29) is 24.5 Å². The molecule has 34 heavy (non-hydrogen) atoms. The van der Waals surface area contributed by atoms with E-state index < -0.39 is 5.60 Å². The molecule has 180 valence electrons. The molecular weight excluding hydrogens is 448 g/mol. The minimum Gasteiger partial charge on any atom is -0.444 e. The second kappa shape index (κ2) is 10.1. The summed E-state index contributed by atoms with van der Waals surface area (Å²) < 4.78 is 5.64. The van der Waals surface area contributed by atoms with E-state index in [2.05, 4.69) is 10.2 Å². The number of thioether (sulfide) groups is 1. The van der Waals surface area contributed by atoms with Gasteiger partial charge in [0, 0.05) is 35.0 Å². The lowest BCUT2D eigenvalue weighted by Crippen LogP contribution is -2.48. The van der Waals surface area contributed by atoms with E-state index in [1.807, 2.05) is 69.5 Å². The third kappa shape index (κ3) is 5.55. The molecule has 0 saturated carbocycles. The van der Waals surface area contributed by atoms with Crippen LogP contribution in [0.25, 0.3) is 10.9 Å². The number of aromatic nitrogens is 2. The third-order valence-corrected chi connectivity index (χ3v) is 6.64. The number of carbonyl (C=O) groups is 2. The molecule has 4 rings (SSSR count). The highest BCUT2D eigenvalue weighted by atomic mass is 32.2. The van der Waals surface area contributed by atoms with Crippen molar-refractivity contribution in [3.05, 3.63) is 48.7 Å². The van der Waals surface area contributed by atoms with Gasteiger partial charge in [-0.05, 0) is 82.7 Å². The van der Waals surface area contributed by atoms with Crippen molar-refractivity contribution in [2.24, 2.45) is 0 Å². The second-order valence-electron chi connectivity index (χ2n) is 9.60. The molecule has 1 aliphatic heterocycles. The Kier molecular flexibility index (Phi) is 7.16. The molecule has 0 aliphatic carbocycles. The molecule has 1 atom stereocenters. The van der Waals surface area contributed by atoms with Crippen molar-refractivity contribution in [1.29, 1.82) is 0 Å². The summed E-state index contributed by atoms with van der Waals surface area (Å²) in [6.45, 7) is 6.19. The zero-order valence-electron chi connectivity index (χ0n) is 20.2. The van der Waals surface area contributed by atoms with Crippen LogP contribution in [-0.4, -0.2) is 51.5 Å². The summed E-state index contributed by atoms with van der Waals surface area (Å²) in [4.78, 5) is 31.3. The van der Waals surface area contributed by atoms with E-state index in [1.54, 1.807) is 27.8 Å². The van der Waals surface area contributed by atoms with Crippen LogP contribution in [0.2, 0.25) is 0 Å². The van der Waals surface area contributed by atoms with Crippen molar-refractivity contribution < 1.29 is 14.3 Å². The van der Waals surface area contributed by atoms with Crippen LogP contribution >= 0.6 is 11.8 Å². The largest absolute Gasteiger partial charge is 0.444 e. The minimum atomic E-state index is -0.577. The molecule has 1 aromatic heterocycles. The van der Waals surface area contributed by atoms with Crippen molar-refractivity contribution in [2.75, 3.05) is 17.7 Å². The number of H-pyrrole nitrogens is 1. The minimum absolute atomic E-state index is 0.0578. The highest BCUT2D eigenvalue weighted by Gasteiger charge is 2.33.